The molecule has 3 heterocycles. The number of nitrogens with zero attached hydrogens (tertiary/aromatic N) is 7. The lowest BCUT2D eigenvalue weighted by atomic mass is 9.99. The Balaban J connectivity index is 1.57. The summed E-state index contributed by atoms with van der Waals surface area (Å²) in [6.45, 7) is 5.07. The van der Waals surface area contributed by atoms with Crippen LogP contribution in [0.4, 0.5) is 9.18 Å². The van der Waals surface area contributed by atoms with Gasteiger partial charge in [-0.05, 0) is 41.1 Å². The van der Waals surface area contributed by atoms with E-state index in [1.165, 1.54) is 41.2 Å². The van der Waals surface area contributed by atoms with E-state index in [4.69, 9.17) is 20.9 Å². The van der Waals surface area contributed by atoms with Crippen LogP contribution in [0.3, 0.4) is 0 Å². The fraction of sp³-hybridized carbons (Fsp3) is 0.200. The molecule has 0 aliphatic heterocycles. The Bertz CT molecular complexity index is 1600. The van der Waals surface area contributed by atoms with Crippen molar-refractivity contribution >= 4 is 23.5 Å². The van der Waals surface area contributed by atoms with Gasteiger partial charge in [0.2, 0.25) is 11.6 Å². The predicted octanol–water partition coefficient (Wildman–Crippen LogP) is 3.49. The van der Waals surface area contributed by atoms with Crippen molar-refractivity contribution in [3.8, 4) is 28.4 Å². The van der Waals surface area contributed by atoms with Crippen molar-refractivity contribution in [2.45, 2.75) is 13.0 Å². The molecule has 3 amide bonds. The number of pyridine rings is 1. The predicted molar refractivity (Wildman–Crippen MR) is 140 cm³/mol. The minimum atomic E-state index is -0.874. The molecule has 0 saturated heterocycles. The Labute approximate surface area is 232 Å². The fourth-order valence-electron chi connectivity index (χ4n) is 3.71. The number of hydrazine groups is 1. The highest BCUT2D eigenvalue weighted by Crippen LogP contribution is 2.36. The van der Waals surface area contributed by atoms with E-state index in [1.807, 2.05) is 0 Å². The zero-order valence-electron chi connectivity index (χ0n) is 21.6. The number of aromatic nitrogens is 6. The largest absolute Gasteiger partial charge is 0.479 e. The smallest absolute Gasteiger partial charge is 0.336 e. The van der Waals surface area contributed by atoms with Crippen molar-refractivity contribution in [1.82, 2.24) is 46.1 Å². The van der Waals surface area contributed by atoms with Gasteiger partial charge in [-0.3, -0.25) is 15.2 Å². The number of amides is 3. The number of urea groups is 1. The zero-order valence-corrected chi connectivity index (χ0v) is 22.3. The van der Waals surface area contributed by atoms with Crippen LogP contribution in [0, 0.1) is 5.82 Å². The second-order valence-corrected chi connectivity index (χ2v) is 8.62. The molecule has 4 aromatic rings. The number of carbonyl (C=O) groups excluding carboxylic acids is 2. The molecule has 40 heavy (non-hydrogen) atoms. The molecular weight excluding hydrogens is 545 g/mol. The molecule has 13 nitrogen and oxygen atoms in total. The molecule has 1 aromatic carbocycles. The van der Waals surface area contributed by atoms with Crippen molar-refractivity contribution in [3.63, 3.8) is 0 Å². The average molecular weight is 568 g/mol. The maximum absolute atomic E-state index is 15.5. The lowest BCUT2D eigenvalue weighted by Crippen LogP contribution is -2.49. The monoisotopic (exact) mass is 567 g/mol. The number of nitrogens with one attached hydrogen (secondary N) is 2. The Kier molecular flexibility index (Phi) is 8.52. The van der Waals surface area contributed by atoms with E-state index >= 15 is 4.39 Å². The van der Waals surface area contributed by atoms with Crippen molar-refractivity contribution in [1.29, 1.82) is 0 Å². The van der Waals surface area contributed by atoms with Crippen molar-refractivity contribution < 1.29 is 23.2 Å². The van der Waals surface area contributed by atoms with Gasteiger partial charge in [0.1, 0.15) is 5.82 Å². The number of benzene rings is 1. The molecular formula is C25H23ClFN9O4. The summed E-state index contributed by atoms with van der Waals surface area (Å²) < 4.78 is 25.2. The third-order valence-corrected chi connectivity index (χ3v) is 6.00. The van der Waals surface area contributed by atoms with Crippen LogP contribution < -0.4 is 15.6 Å². The lowest BCUT2D eigenvalue weighted by Gasteiger charge is -2.28. The van der Waals surface area contributed by atoms with E-state index in [0.717, 1.165) is 0 Å². The first-order chi connectivity index (χ1) is 19.2. The highest BCUT2D eigenvalue weighted by atomic mass is 35.5. The first kappa shape index (κ1) is 28.0. The van der Waals surface area contributed by atoms with E-state index in [9.17, 15) is 9.59 Å². The molecule has 0 saturated carbocycles. The van der Waals surface area contributed by atoms with E-state index in [1.54, 1.807) is 32.2 Å². The third kappa shape index (κ3) is 5.98. The van der Waals surface area contributed by atoms with Crippen LogP contribution in [0.1, 0.15) is 29.2 Å². The maximum atomic E-state index is 15.5. The molecule has 0 spiro atoms. The topological polar surface area (TPSA) is 153 Å². The van der Waals surface area contributed by atoms with Crippen LogP contribution in [-0.2, 0) is 7.05 Å². The first-order valence-corrected chi connectivity index (χ1v) is 12.0. The second kappa shape index (κ2) is 12.2. The maximum Gasteiger partial charge on any atom is 0.336 e. The number of carbonyl (C=O) groups is 2. The van der Waals surface area contributed by atoms with Crippen molar-refractivity contribution in [3.05, 3.63) is 77.2 Å². The number of halogens is 2. The van der Waals surface area contributed by atoms with E-state index in [0.29, 0.717) is 21.7 Å². The Hall–Kier alpha value is -5.07. The Morgan fingerprint density at radius 2 is 2.15 bits per heavy atom. The minimum Gasteiger partial charge on any atom is -0.479 e. The number of aryl methyl sites for hydroxylation is 1. The van der Waals surface area contributed by atoms with Crippen LogP contribution in [0.15, 0.2) is 59.4 Å². The number of hydrogen-bond acceptors (Lipinski definition) is 9. The molecule has 4 rings (SSSR count). The number of tetrazole rings is 1. The van der Waals surface area contributed by atoms with Gasteiger partial charge in [-0.25, -0.2) is 14.6 Å². The molecule has 1 unspecified atom stereocenters. The van der Waals surface area contributed by atoms with E-state index in [-0.39, 0.29) is 29.7 Å². The molecule has 3 aromatic heterocycles. The highest BCUT2D eigenvalue weighted by molar-refractivity contribution is 6.33. The van der Waals surface area contributed by atoms with E-state index in [2.05, 4.69) is 48.7 Å². The summed E-state index contributed by atoms with van der Waals surface area (Å²) in [6.07, 6.45) is 2.93. The Morgan fingerprint density at radius 3 is 2.80 bits per heavy atom. The minimum absolute atomic E-state index is 0.0117. The summed E-state index contributed by atoms with van der Waals surface area (Å²) in [5.74, 6) is -1.29. The number of methoxy groups -OCH3 is 1. The van der Waals surface area contributed by atoms with Gasteiger partial charge < -0.3 is 14.2 Å². The molecule has 206 valence electrons. The molecule has 15 heteroatoms. The second-order valence-electron chi connectivity index (χ2n) is 8.21. The van der Waals surface area contributed by atoms with Crippen molar-refractivity contribution in [2.75, 3.05) is 13.7 Å². The zero-order chi connectivity index (χ0) is 28.8. The molecule has 2 N–H and O–H groups in total. The summed E-state index contributed by atoms with van der Waals surface area (Å²) in [6, 6.07) is 6.01. The molecule has 1 atom stereocenters. The fourth-order valence-corrected chi connectivity index (χ4v) is 3.97. The number of hydrogen-bond donors (Lipinski definition) is 2. The summed E-state index contributed by atoms with van der Waals surface area (Å²) in [4.78, 5) is 32.1. The van der Waals surface area contributed by atoms with Crippen LogP contribution >= 0.6 is 11.6 Å². The van der Waals surface area contributed by atoms with Crippen LogP contribution in [0.2, 0.25) is 5.02 Å². The van der Waals surface area contributed by atoms with Gasteiger partial charge in [0.15, 0.2) is 0 Å². The average Bonchev–Trinajstić information content (AvgIpc) is 3.60. The molecule has 0 aliphatic carbocycles. The molecule has 0 aliphatic rings. The Morgan fingerprint density at radius 1 is 1.35 bits per heavy atom. The van der Waals surface area contributed by atoms with Crippen LogP contribution in [0.5, 0.6) is 5.88 Å². The SMILES string of the molecule is C=C=CCN(C(=O)NNC(=O)c1cc(OC)no1)C(C)c1ncc(-c2cccc(Cl)c2-c2nnn(C)n2)cc1F. The summed E-state index contributed by atoms with van der Waals surface area (Å²) >= 11 is 6.43. The van der Waals surface area contributed by atoms with Gasteiger partial charge in [0.25, 0.3) is 5.88 Å². The normalized spacial score (nSPS) is 11.3. The van der Waals surface area contributed by atoms with Gasteiger partial charge in [0.05, 0.1) is 37.0 Å². The quantitative estimate of drug-likeness (QED) is 0.240. The molecule has 0 bridgehead atoms. The number of rotatable bonds is 8. The lowest BCUT2D eigenvalue weighted by molar-refractivity contribution is 0.0890. The molecule has 0 radical (unpaired) electrons. The standard InChI is InChI=1S/C25H23ClFN9O4/c1-5-6-10-36(25(38)31-30-24(37)19-12-20(39-4)33-40-19)14(2)22-18(27)11-15(13-28-22)16-8-7-9-17(26)21(16)23-29-34-35(3)32-23/h6-9,11-14H,1,10H2,2-4H3,(H,30,37)(H,31,38). The van der Waals surface area contributed by atoms with Gasteiger partial charge in [-0.2, -0.15) is 4.80 Å². The van der Waals surface area contributed by atoms with Crippen molar-refractivity contribution in [2.24, 2.45) is 7.05 Å². The summed E-state index contributed by atoms with van der Waals surface area (Å²) in [5.41, 5.74) is 8.44. The molecule has 0 fully saturated rings. The van der Waals surface area contributed by atoms with Crippen LogP contribution in [-0.4, -0.2) is 60.8 Å². The van der Waals surface area contributed by atoms with Gasteiger partial charge in [-0.1, -0.05) is 30.3 Å². The van der Waals surface area contributed by atoms with E-state index < -0.39 is 23.8 Å². The van der Waals surface area contributed by atoms with Crippen LogP contribution in [0.25, 0.3) is 22.5 Å². The summed E-state index contributed by atoms with van der Waals surface area (Å²) in [7, 11) is 2.97. The van der Waals surface area contributed by atoms with Gasteiger partial charge in [0, 0.05) is 23.9 Å². The van der Waals surface area contributed by atoms with Gasteiger partial charge >= 0.3 is 11.9 Å². The van der Waals surface area contributed by atoms with Gasteiger partial charge in [-0.15, -0.1) is 15.9 Å². The summed E-state index contributed by atoms with van der Waals surface area (Å²) in [5, 5.41) is 15.9. The number of ether oxygens (including phenoxy) is 1. The third-order valence-electron chi connectivity index (χ3n) is 5.69. The highest BCUT2D eigenvalue weighted by Gasteiger charge is 2.26. The first-order valence-electron chi connectivity index (χ1n) is 11.6.